The van der Waals surface area contributed by atoms with Gasteiger partial charge in [0.05, 0.1) is 49.6 Å². The average molecular weight is 822 g/mol. The number of hydrogen-bond acceptors (Lipinski definition) is 13. The molecule has 0 spiro atoms. The van der Waals surface area contributed by atoms with Gasteiger partial charge in [0.15, 0.2) is 0 Å². The number of amides is 1. The molecule has 2 aromatic rings. The Balaban J connectivity index is 1.74. The molecule has 6 atom stereocenters. The first-order valence-electron chi connectivity index (χ1n) is 20.6. The van der Waals surface area contributed by atoms with Crippen molar-refractivity contribution in [2.45, 2.75) is 76.2 Å². The van der Waals surface area contributed by atoms with Gasteiger partial charge in [0.2, 0.25) is 5.79 Å². The van der Waals surface area contributed by atoms with E-state index in [0.29, 0.717) is 42.2 Å². The summed E-state index contributed by atoms with van der Waals surface area (Å²) in [5.41, 5.74) is 2.95. The minimum Gasteiger partial charge on any atom is -0.490 e. The van der Waals surface area contributed by atoms with Crippen LogP contribution in [-0.4, -0.2) is 108 Å². The van der Waals surface area contributed by atoms with E-state index in [-0.39, 0.29) is 89.3 Å². The summed E-state index contributed by atoms with van der Waals surface area (Å²) >= 11 is 0. The summed E-state index contributed by atoms with van der Waals surface area (Å²) < 4.78 is 31.6. The molecule has 0 bridgehead atoms. The molecule has 3 N–H and O–H groups in total. The Kier molecular flexibility index (Phi) is 17.3. The van der Waals surface area contributed by atoms with E-state index < -0.39 is 28.8 Å². The molecule has 0 aromatic heterocycles. The van der Waals surface area contributed by atoms with E-state index >= 15 is 0 Å². The Labute approximate surface area is 346 Å². The van der Waals surface area contributed by atoms with Gasteiger partial charge in [-0.15, -0.1) is 6.58 Å². The Morgan fingerprint density at radius 1 is 1.02 bits per heavy atom. The largest absolute Gasteiger partial charge is 0.490 e. The van der Waals surface area contributed by atoms with Crippen molar-refractivity contribution in [2.24, 2.45) is 22.9 Å². The monoisotopic (exact) mass is 821 g/mol. The Bertz CT molecular complexity index is 1770. The van der Waals surface area contributed by atoms with Crippen LogP contribution in [0.4, 0.5) is 10.5 Å². The summed E-state index contributed by atoms with van der Waals surface area (Å²) in [6.07, 6.45) is 9.40. The number of aliphatic hydroxyl groups is 3. The minimum absolute atomic E-state index is 0.00274. The van der Waals surface area contributed by atoms with Crippen molar-refractivity contribution < 1.29 is 53.6 Å². The second-order valence-electron chi connectivity index (χ2n) is 14.8. The number of nitro benzene ring substituents is 1. The maximum atomic E-state index is 14.1. The van der Waals surface area contributed by atoms with Crippen LogP contribution in [0.2, 0.25) is 0 Å². The lowest BCUT2D eigenvalue weighted by molar-refractivity contribution is -0.384. The van der Waals surface area contributed by atoms with Crippen LogP contribution in [0, 0.1) is 27.9 Å². The minimum atomic E-state index is -1.51. The zero-order valence-electron chi connectivity index (χ0n) is 34.0. The van der Waals surface area contributed by atoms with Crippen molar-refractivity contribution >= 4 is 17.5 Å². The van der Waals surface area contributed by atoms with Crippen LogP contribution < -0.4 is 9.47 Å². The van der Waals surface area contributed by atoms with Gasteiger partial charge in [-0.1, -0.05) is 42.8 Å². The normalized spacial score (nSPS) is 23.6. The zero-order chi connectivity index (χ0) is 42.2. The molecular formula is C44H59N3O12. The quantitative estimate of drug-likeness (QED) is 0.0429. The molecule has 1 saturated carbocycles. The van der Waals surface area contributed by atoms with E-state index in [1.54, 1.807) is 36.1 Å². The summed E-state index contributed by atoms with van der Waals surface area (Å²) in [7, 11) is 0. The fourth-order valence-electron chi connectivity index (χ4n) is 8.70. The second kappa shape index (κ2) is 22.5. The third-order valence-electron chi connectivity index (χ3n) is 11.2. The SMILES string of the molecule is C=CCOc1ccc2c(c1)[C@H]1[C@H](CCCCO)[C@@H](CCCCO)C=C3C(=NOCc4ccc([N+](=O)[O-])cc4)C[C@H](N(CCOCCO)C(=O)OCC)[C@@](OCC=C)(O2)[C@H]31. The van der Waals surface area contributed by atoms with E-state index in [1.807, 2.05) is 18.2 Å². The summed E-state index contributed by atoms with van der Waals surface area (Å²) in [4.78, 5) is 32.6. The lowest BCUT2D eigenvalue weighted by Crippen LogP contribution is -2.70. The van der Waals surface area contributed by atoms with Crippen LogP contribution in [0.1, 0.15) is 68.9 Å². The van der Waals surface area contributed by atoms with Crippen LogP contribution in [0.25, 0.3) is 0 Å². The molecule has 2 aromatic carbocycles. The van der Waals surface area contributed by atoms with Crippen LogP contribution in [-0.2, 0) is 25.7 Å². The molecule has 322 valence electrons. The lowest BCUT2D eigenvalue weighted by Gasteiger charge is -2.59. The first kappa shape index (κ1) is 45.3. The number of benzene rings is 2. The van der Waals surface area contributed by atoms with Crippen molar-refractivity contribution in [3.63, 3.8) is 0 Å². The van der Waals surface area contributed by atoms with Crippen molar-refractivity contribution in [3.05, 3.63) is 101 Å². The highest BCUT2D eigenvalue weighted by Crippen LogP contribution is 2.62. The van der Waals surface area contributed by atoms with E-state index in [0.717, 1.165) is 36.8 Å². The first-order chi connectivity index (χ1) is 28.8. The van der Waals surface area contributed by atoms with Crippen LogP contribution in [0.15, 0.2) is 84.6 Å². The number of aliphatic hydroxyl groups excluding tert-OH is 3. The topological polar surface area (TPSA) is 192 Å². The van der Waals surface area contributed by atoms with Gasteiger partial charge in [-0.2, -0.15) is 0 Å². The van der Waals surface area contributed by atoms with Crippen LogP contribution in [0.5, 0.6) is 11.5 Å². The number of unbranched alkanes of at least 4 members (excludes halogenated alkanes) is 2. The molecule has 0 saturated heterocycles. The summed E-state index contributed by atoms with van der Waals surface area (Å²) in [6, 6.07) is 10.9. The molecule has 0 radical (unpaired) electrons. The highest BCUT2D eigenvalue weighted by atomic mass is 16.7. The van der Waals surface area contributed by atoms with Gasteiger partial charge < -0.3 is 43.8 Å². The number of non-ortho nitro benzene ring substituents is 1. The Morgan fingerprint density at radius 3 is 2.44 bits per heavy atom. The third-order valence-corrected chi connectivity index (χ3v) is 11.2. The van der Waals surface area contributed by atoms with Crippen LogP contribution >= 0.6 is 0 Å². The lowest BCUT2D eigenvalue weighted by atomic mass is 9.55. The van der Waals surface area contributed by atoms with E-state index in [9.17, 15) is 30.2 Å². The fourth-order valence-corrected chi connectivity index (χ4v) is 8.70. The molecule has 15 heteroatoms. The smallest absolute Gasteiger partial charge is 0.410 e. The third kappa shape index (κ3) is 10.9. The maximum Gasteiger partial charge on any atom is 0.410 e. The molecule has 0 unspecified atom stereocenters. The van der Waals surface area contributed by atoms with Gasteiger partial charge in [-0.3, -0.25) is 15.0 Å². The van der Waals surface area contributed by atoms with E-state index in [1.165, 1.54) is 12.1 Å². The molecule has 5 rings (SSSR count). The van der Waals surface area contributed by atoms with Gasteiger partial charge in [-0.05, 0) is 85.9 Å². The number of allylic oxidation sites excluding steroid dienone is 1. The number of nitrogens with zero attached hydrogens (tertiary/aromatic N) is 3. The molecule has 59 heavy (non-hydrogen) atoms. The molecule has 15 nitrogen and oxygen atoms in total. The highest BCUT2D eigenvalue weighted by molar-refractivity contribution is 6.03. The number of carbonyl (C=O) groups is 1. The van der Waals surface area contributed by atoms with E-state index in [4.69, 9.17) is 33.7 Å². The highest BCUT2D eigenvalue weighted by Gasteiger charge is 2.65. The van der Waals surface area contributed by atoms with Crippen LogP contribution in [0.3, 0.4) is 0 Å². The predicted octanol–water partition coefficient (Wildman–Crippen LogP) is 6.46. The molecule has 1 amide bonds. The fraction of sp³-hybridized carbons (Fsp3) is 0.545. The van der Waals surface area contributed by atoms with Gasteiger partial charge >= 0.3 is 6.09 Å². The van der Waals surface area contributed by atoms with Gasteiger partial charge in [0, 0.05) is 49.8 Å². The van der Waals surface area contributed by atoms with Gasteiger partial charge in [-0.25, -0.2) is 4.79 Å². The number of hydrogen-bond donors (Lipinski definition) is 3. The second-order valence-corrected chi connectivity index (χ2v) is 14.8. The molecule has 1 aliphatic heterocycles. The number of fused-ring (bicyclic) bond motifs is 2. The van der Waals surface area contributed by atoms with Crippen molar-refractivity contribution in [2.75, 3.05) is 59.4 Å². The van der Waals surface area contributed by atoms with E-state index in [2.05, 4.69) is 19.2 Å². The van der Waals surface area contributed by atoms with Crippen molar-refractivity contribution in [1.82, 2.24) is 4.90 Å². The molecule has 3 aliphatic rings. The number of rotatable bonds is 25. The standard InChI is InChI=1S/C44H59N3O12/c1-4-23-56-34-17-18-39-37(28-34)41-35(12-8-10-21-49)32(11-7-9-20-48)27-36-38(45-58-30-31-13-15-33(16-14-31)47(52)53)29-40(44(59-39,42(36)41)57-24-5-2)46(43(51)55-6-3)19-25-54-26-22-50/h4-5,13-18,27-28,32,35,40-42,48-50H,1-2,6-12,19-26,29-30H2,3H3/t32-,35+,40-,41+,42+,44+/m0/s1. The molecular weight excluding hydrogens is 762 g/mol. The molecule has 1 fully saturated rings. The first-order valence-corrected chi connectivity index (χ1v) is 20.6. The van der Waals surface area contributed by atoms with Gasteiger partial charge in [0.25, 0.3) is 5.69 Å². The Hall–Kier alpha value is -4.80. The number of carbonyl (C=O) groups excluding carboxylic acids is 1. The predicted molar refractivity (Wildman–Crippen MR) is 220 cm³/mol. The molecule has 2 aliphatic carbocycles. The Morgan fingerprint density at radius 2 is 1.76 bits per heavy atom. The summed E-state index contributed by atoms with van der Waals surface area (Å²) in [6.45, 7) is 10.2. The average Bonchev–Trinajstić information content (AvgIpc) is 3.24. The zero-order valence-corrected chi connectivity index (χ0v) is 34.0. The number of ether oxygens (including phenoxy) is 5. The maximum absolute atomic E-state index is 14.1. The van der Waals surface area contributed by atoms with Gasteiger partial charge in [0.1, 0.15) is 30.8 Å². The summed E-state index contributed by atoms with van der Waals surface area (Å²) in [5.74, 6) is -1.11. The van der Waals surface area contributed by atoms with Crippen molar-refractivity contribution in [3.8, 4) is 11.5 Å². The van der Waals surface area contributed by atoms with Crippen molar-refractivity contribution in [1.29, 1.82) is 0 Å². The number of oxime groups is 1. The number of nitro groups is 1. The molecule has 1 heterocycles. The summed E-state index contributed by atoms with van der Waals surface area (Å²) in [5, 5.41) is 45.2.